The summed E-state index contributed by atoms with van der Waals surface area (Å²) in [4.78, 5) is 3.82. The van der Waals surface area contributed by atoms with Gasteiger partial charge in [0.2, 0.25) is 0 Å². The summed E-state index contributed by atoms with van der Waals surface area (Å²) < 4.78 is 18.8. The molecule has 2 rings (SSSR count). The van der Waals surface area contributed by atoms with Gasteiger partial charge < -0.3 is 10.1 Å². The van der Waals surface area contributed by atoms with E-state index in [4.69, 9.17) is 4.74 Å². The normalized spacial score (nSPS) is 10.6. The molecule has 1 aromatic heterocycles. The van der Waals surface area contributed by atoms with Crippen molar-refractivity contribution in [1.82, 2.24) is 10.3 Å². The Morgan fingerprint density at radius 1 is 1.25 bits per heavy atom. The lowest BCUT2D eigenvalue weighted by molar-refractivity contribution is 0.301. The van der Waals surface area contributed by atoms with Crippen molar-refractivity contribution in [1.29, 1.82) is 0 Å². The summed E-state index contributed by atoms with van der Waals surface area (Å²) in [6.07, 6.45) is 2.80. The van der Waals surface area contributed by atoms with Gasteiger partial charge >= 0.3 is 0 Å². The van der Waals surface area contributed by atoms with E-state index in [1.165, 1.54) is 17.8 Å². The predicted molar refractivity (Wildman–Crippen MR) is 77.1 cm³/mol. The van der Waals surface area contributed by atoms with Gasteiger partial charge in [0.15, 0.2) is 0 Å². The van der Waals surface area contributed by atoms with Crippen molar-refractivity contribution in [3.63, 3.8) is 0 Å². The van der Waals surface area contributed by atoms with Crippen LogP contribution in [0.1, 0.15) is 23.6 Å². The fraction of sp³-hybridized carbons (Fsp3) is 0.312. The summed E-state index contributed by atoms with van der Waals surface area (Å²) in [6, 6.07) is 7.50. The van der Waals surface area contributed by atoms with Gasteiger partial charge in [0.1, 0.15) is 18.2 Å². The van der Waals surface area contributed by atoms with Crippen LogP contribution in [0.4, 0.5) is 4.39 Å². The van der Waals surface area contributed by atoms with Crippen molar-refractivity contribution in [2.24, 2.45) is 0 Å². The minimum atomic E-state index is -0.345. The minimum Gasteiger partial charge on any atom is -0.489 e. The van der Waals surface area contributed by atoms with E-state index in [1.807, 2.05) is 12.1 Å². The number of nitrogens with one attached hydrogen (secondary N) is 1. The Kier molecular flexibility index (Phi) is 5.07. The fourth-order valence-electron chi connectivity index (χ4n) is 1.94. The number of aryl methyl sites for hydroxylation is 1. The van der Waals surface area contributed by atoms with Gasteiger partial charge in [-0.3, -0.25) is 4.98 Å². The van der Waals surface area contributed by atoms with E-state index in [2.05, 4.69) is 30.2 Å². The quantitative estimate of drug-likeness (QED) is 0.878. The molecule has 0 atom stereocenters. The average molecular weight is 274 g/mol. The van der Waals surface area contributed by atoms with Crippen LogP contribution in [-0.4, -0.2) is 11.5 Å². The Hall–Kier alpha value is -1.94. The molecule has 0 fully saturated rings. The van der Waals surface area contributed by atoms with Crippen LogP contribution in [0.15, 0.2) is 36.7 Å². The summed E-state index contributed by atoms with van der Waals surface area (Å²) in [5, 5.41) is 3.29. The van der Waals surface area contributed by atoms with Gasteiger partial charge in [-0.1, -0.05) is 24.6 Å². The molecule has 0 radical (unpaired) electrons. The summed E-state index contributed by atoms with van der Waals surface area (Å²) in [6.45, 7) is 6.09. The van der Waals surface area contributed by atoms with E-state index in [0.29, 0.717) is 6.61 Å². The van der Waals surface area contributed by atoms with Crippen molar-refractivity contribution >= 4 is 0 Å². The molecule has 0 bridgehead atoms. The second-order valence-corrected chi connectivity index (χ2v) is 4.69. The van der Waals surface area contributed by atoms with Gasteiger partial charge in [-0.15, -0.1) is 0 Å². The predicted octanol–water partition coefficient (Wildman–Crippen LogP) is 3.22. The number of hydrogen-bond acceptors (Lipinski definition) is 3. The van der Waals surface area contributed by atoms with E-state index in [-0.39, 0.29) is 5.82 Å². The minimum absolute atomic E-state index is 0.312. The van der Waals surface area contributed by atoms with Crippen molar-refractivity contribution in [3.05, 3.63) is 59.2 Å². The molecule has 0 amide bonds. The Morgan fingerprint density at radius 2 is 2.10 bits per heavy atom. The molecule has 0 aliphatic rings. The van der Waals surface area contributed by atoms with Crippen LogP contribution in [-0.2, 0) is 13.2 Å². The highest BCUT2D eigenvalue weighted by molar-refractivity contribution is 5.37. The Bertz CT molecular complexity index is 572. The number of halogens is 1. The number of ether oxygens (including phenoxy) is 1. The van der Waals surface area contributed by atoms with Crippen molar-refractivity contribution in [2.75, 3.05) is 6.54 Å². The first kappa shape index (κ1) is 14.5. The highest BCUT2D eigenvalue weighted by atomic mass is 19.1. The first-order chi connectivity index (χ1) is 9.69. The van der Waals surface area contributed by atoms with Gasteiger partial charge in [0.25, 0.3) is 0 Å². The molecule has 20 heavy (non-hydrogen) atoms. The van der Waals surface area contributed by atoms with E-state index < -0.39 is 0 Å². The summed E-state index contributed by atoms with van der Waals surface area (Å²) in [5.41, 5.74) is 3.02. The van der Waals surface area contributed by atoms with E-state index in [0.717, 1.165) is 30.0 Å². The third-order valence-corrected chi connectivity index (χ3v) is 2.94. The van der Waals surface area contributed by atoms with Crippen LogP contribution in [0.25, 0.3) is 0 Å². The second kappa shape index (κ2) is 7.01. The van der Waals surface area contributed by atoms with Crippen molar-refractivity contribution in [2.45, 2.75) is 27.0 Å². The first-order valence-electron chi connectivity index (χ1n) is 6.71. The molecule has 0 aliphatic carbocycles. The zero-order valence-electron chi connectivity index (χ0n) is 11.8. The molecule has 1 aromatic carbocycles. The lowest BCUT2D eigenvalue weighted by atomic mass is 10.1. The molecular formula is C16H19FN2O. The van der Waals surface area contributed by atoms with Crippen LogP contribution in [0.3, 0.4) is 0 Å². The molecule has 3 nitrogen and oxygen atoms in total. The van der Waals surface area contributed by atoms with Crippen LogP contribution in [0, 0.1) is 12.7 Å². The lowest BCUT2D eigenvalue weighted by Gasteiger charge is -2.12. The number of pyridine rings is 1. The average Bonchev–Trinajstić information content (AvgIpc) is 2.44. The van der Waals surface area contributed by atoms with E-state index in [1.54, 1.807) is 6.20 Å². The molecule has 0 aliphatic heterocycles. The topological polar surface area (TPSA) is 34.1 Å². The van der Waals surface area contributed by atoms with Gasteiger partial charge in [0.05, 0.1) is 6.20 Å². The van der Waals surface area contributed by atoms with Gasteiger partial charge in [-0.05, 0) is 25.6 Å². The highest BCUT2D eigenvalue weighted by Gasteiger charge is 2.05. The molecule has 0 saturated heterocycles. The smallest absolute Gasteiger partial charge is 0.141 e. The maximum Gasteiger partial charge on any atom is 0.141 e. The number of aromatic nitrogens is 1. The van der Waals surface area contributed by atoms with Crippen molar-refractivity contribution in [3.8, 4) is 5.75 Å². The first-order valence-corrected chi connectivity index (χ1v) is 6.71. The molecule has 106 valence electrons. The summed E-state index contributed by atoms with van der Waals surface area (Å²) >= 11 is 0. The zero-order chi connectivity index (χ0) is 14.4. The third kappa shape index (κ3) is 4.03. The SMILES string of the molecule is CCNCc1cc(C)ccc1OCc1cncc(F)c1. The zero-order valence-corrected chi connectivity index (χ0v) is 11.8. The largest absolute Gasteiger partial charge is 0.489 e. The number of benzene rings is 1. The van der Waals surface area contributed by atoms with E-state index >= 15 is 0 Å². The Balaban J connectivity index is 2.08. The summed E-state index contributed by atoms with van der Waals surface area (Å²) in [7, 11) is 0. The van der Waals surface area contributed by atoms with Crippen molar-refractivity contribution < 1.29 is 9.13 Å². The molecule has 0 spiro atoms. The Labute approximate surface area is 118 Å². The maximum atomic E-state index is 13.1. The van der Waals surface area contributed by atoms with Gasteiger partial charge in [-0.2, -0.15) is 0 Å². The van der Waals surface area contributed by atoms with Crippen LogP contribution in [0.2, 0.25) is 0 Å². The molecule has 2 aromatic rings. The standard InChI is InChI=1S/C16H19FN2O/c1-3-18-9-14-6-12(2)4-5-16(14)20-11-13-7-15(17)10-19-8-13/h4-8,10,18H,3,9,11H2,1-2H3. The lowest BCUT2D eigenvalue weighted by Crippen LogP contribution is -2.13. The molecule has 1 heterocycles. The molecule has 0 saturated carbocycles. The fourth-order valence-corrected chi connectivity index (χ4v) is 1.94. The second-order valence-electron chi connectivity index (χ2n) is 4.69. The van der Waals surface area contributed by atoms with E-state index in [9.17, 15) is 4.39 Å². The number of rotatable bonds is 6. The van der Waals surface area contributed by atoms with Crippen LogP contribution in [0.5, 0.6) is 5.75 Å². The van der Waals surface area contributed by atoms with Crippen LogP contribution >= 0.6 is 0 Å². The highest BCUT2D eigenvalue weighted by Crippen LogP contribution is 2.21. The van der Waals surface area contributed by atoms with Gasteiger partial charge in [-0.25, -0.2) is 4.39 Å². The molecule has 4 heteroatoms. The monoisotopic (exact) mass is 274 g/mol. The number of nitrogens with zero attached hydrogens (tertiary/aromatic N) is 1. The third-order valence-electron chi connectivity index (χ3n) is 2.94. The van der Waals surface area contributed by atoms with Crippen LogP contribution < -0.4 is 10.1 Å². The maximum absolute atomic E-state index is 13.1. The Morgan fingerprint density at radius 3 is 2.85 bits per heavy atom. The molecular weight excluding hydrogens is 255 g/mol. The number of hydrogen-bond donors (Lipinski definition) is 1. The van der Waals surface area contributed by atoms with Gasteiger partial charge in [0, 0.05) is 23.9 Å². The molecule has 0 unspecified atom stereocenters. The summed E-state index contributed by atoms with van der Waals surface area (Å²) in [5.74, 6) is 0.476. The molecule has 1 N–H and O–H groups in total.